The topological polar surface area (TPSA) is 146 Å². The zero-order valence-electron chi connectivity index (χ0n) is 23.9. The highest BCUT2D eigenvalue weighted by atomic mass is 79.9. The zero-order chi connectivity index (χ0) is 29.1. The van der Waals surface area contributed by atoms with Crippen molar-refractivity contribution in [2.45, 2.75) is 59.5 Å². The summed E-state index contributed by atoms with van der Waals surface area (Å²) in [5.74, 6) is -0.912. The smallest absolute Gasteiger partial charge is 0.341 e. The molecule has 11 heteroatoms. The van der Waals surface area contributed by atoms with Gasteiger partial charge in [-0.05, 0) is 49.9 Å². The standard InChI is InChI=1S/C29H38N4O6.BrH/c1-7-33(22-11-9-10-21(29(4,5)6)26(22)39-16-25(35)36)17(3)23(34)15-32-14-18-12-24(38-8-2)20(28(31)37)13-19(18)27(32)30;/h9-13,17,30H,7-8,14-16H2,1-6H3,(H2,31,37)(H,35,36);1H. The number of primary amides is 1. The first-order chi connectivity index (χ1) is 18.3. The number of anilines is 1. The second kappa shape index (κ2) is 13.2. The van der Waals surface area contributed by atoms with Crippen LogP contribution in [0.3, 0.4) is 0 Å². The van der Waals surface area contributed by atoms with Gasteiger partial charge in [-0.25, -0.2) is 4.79 Å². The molecule has 1 unspecified atom stereocenters. The van der Waals surface area contributed by atoms with Gasteiger partial charge in [0.15, 0.2) is 12.4 Å². The molecule has 0 saturated carbocycles. The number of aliphatic carboxylic acids is 1. The Balaban J connectivity index is 0.00000560. The van der Waals surface area contributed by atoms with Crippen molar-refractivity contribution < 1.29 is 29.0 Å². The largest absolute Gasteiger partial charge is 0.493 e. The lowest BCUT2D eigenvalue weighted by Crippen LogP contribution is -2.44. The second-order valence-corrected chi connectivity index (χ2v) is 10.5. The summed E-state index contributed by atoms with van der Waals surface area (Å²) in [6.07, 6.45) is 0. The maximum Gasteiger partial charge on any atom is 0.341 e. The number of benzene rings is 2. The first kappa shape index (κ1) is 32.6. The Morgan fingerprint density at radius 1 is 1.18 bits per heavy atom. The lowest BCUT2D eigenvalue weighted by Gasteiger charge is -2.34. The predicted molar refractivity (Wildman–Crippen MR) is 159 cm³/mol. The van der Waals surface area contributed by atoms with E-state index in [4.69, 9.17) is 20.6 Å². The Hall–Kier alpha value is -3.60. The normalized spacial score (nSPS) is 13.2. The Bertz CT molecular complexity index is 1290. The number of likely N-dealkylation sites (N-methyl/N-ethyl adjacent to an activating group) is 1. The molecule has 0 spiro atoms. The number of ether oxygens (including phenoxy) is 2. The van der Waals surface area contributed by atoms with E-state index in [0.29, 0.717) is 42.4 Å². The average Bonchev–Trinajstić information content (AvgIpc) is 3.16. The fourth-order valence-electron chi connectivity index (χ4n) is 4.80. The molecule has 0 aromatic heterocycles. The molecule has 1 atom stereocenters. The van der Waals surface area contributed by atoms with Crippen molar-refractivity contribution in [3.05, 3.63) is 52.6 Å². The third kappa shape index (κ3) is 6.93. The van der Waals surface area contributed by atoms with Gasteiger partial charge < -0.3 is 30.1 Å². The third-order valence-electron chi connectivity index (χ3n) is 6.78. The number of halogens is 1. The molecule has 10 nitrogen and oxygen atoms in total. The third-order valence-corrected chi connectivity index (χ3v) is 6.78. The van der Waals surface area contributed by atoms with E-state index < -0.39 is 24.5 Å². The van der Waals surface area contributed by atoms with Crippen molar-refractivity contribution in [3.63, 3.8) is 0 Å². The number of amides is 1. The van der Waals surface area contributed by atoms with Gasteiger partial charge in [-0.2, -0.15) is 0 Å². The van der Waals surface area contributed by atoms with Crippen LogP contribution in [0.5, 0.6) is 11.5 Å². The van der Waals surface area contributed by atoms with E-state index in [-0.39, 0.29) is 46.1 Å². The molecule has 1 aliphatic heterocycles. The summed E-state index contributed by atoms with van der Waals surface area (Å²) in [5, 5.41) is 17.9. The molecule has 0 bridgehead atoms. The summed E-state index contributed by atoms with van der Waals surface area (Å²) in [5.41, 5.74) is 8.21. The molecule has 4 N–H and O–H groups in total. The van der Waals surface area contributed by atoms with Crippen molar-refractivity contribution >= 4 is 46.2 Å². The van der Waals surface area contributed by atoms with Gasteiger partial charge in [0, 0.05) is 24.2 Å². The van der Waals surface area contributed by atoms with Gasteiger partial charge in [-0.3, -0.25) is 15.0 Å². The molecule has 2 aromatic carbocycles. The number of ketones is 1. The molecule has 3 rings (SSSR count). The summed E-state index contributed by atoms with van der Waals surface area (Å²) in [6, 6.07) is 8.29. The van der Waals surface area contributed by atoms with Crippen molar-refractivity contribution in [3.8, 4) is 11.5 Å². The second-order valence-electron chi connectivity index (χ2n) is 10.5. The molecule has 0 fully saturated rings. The minimum absolute atomic E-state index is 0. The lowest BCUT2D eigenvalue weighted by atomic mass is 9.85. The van der Waals surface area contributed by atoms with Gasteiger partial charge in [-0.1, -0.05) is 32.9 Å². The number of nitrogens with zero attached hydrogens (tertiary/aromatic N) is 2. The van der Waals surface area contributed by atoms with Gasteiger partial charge in [0.2, 0.25) is 0 Å². The van der Waals surface area contributed by atoms with Gasteiger partial charge in [0.1, 0.15) is 17.3 Å². The van der Waals surface area contributed by atoms with Crippen molar-refractivity contribution in [1.29, 1.82) is 5.41 Å². The number of rotatable bonds is 12. The molecule has 0 saturated heterocycles. The number of fused-ring (bicyclic) bond motifs is 1. The summed E-state index contributed by atoms with van der Waals surface area (Å²) < 4.78 is 11.4. The van der Waals surface area contributed by atoms with Crippen LogP contribution in [0.2, 0.25) is 0 Å². The Kier molecular flexibility index (Phi) is 10.7. The monoisotopic (exact) mass is 618 g/mol. The number of hydrogen-bond donors (Lipinski definition) is 3. The van der Waals surface area contributed by atoms with Crippen molar-refractivity contribution in [2.75, 3.05) is 31.2 Å². The number of carboxylic acids is 1. The lowest BCUT2D eigenvalue weighted by molar-refractivity contribution is -0.139. The highest BCUT2D eigenvalue weighted by Crippen LogP contribution is 2.40. The van der Waals surface area contributed by atoms with Crippen LogP contribution in [0.15, 0.2) is 30.3 Å². The molecule has 1 amide bonds. The van der Waals surface area contributed by atoms with Crippen LogP contribution in [-0.2, 0) is 21.5 Å². The van der Waals surface area contributed by atoms with Crippen LogP contribution in [0.25, 0.3) is 0 Å². The first-order valence-corrected chi connectivity index (χ1v) is 13.0. The highest BCUT2D eigenvalue weighted by molar-refractivity contribution is 8.93. The number of carboxylic acid groups (broad SMARTS) is 1. The zero-order valence-corrected chi connectivity index (χ0v) is 25.6. The number of carbonyl (C=O) groups is 3. The minimum atomic E-state index is -1.09. The van der Waals surface area contributed by atoms with E-state index in [1.54, 1.807) is 30.9 Å². The van der Waals surface area contributed by atoms with Crippen LogP contribution in [-0.4, -0.2) is 65.8 Å². The van der Waals surface area contributed by atoms with Crippen LogP contribution in [0, 0.1) is 5.41 Å². The summed E-state index contributed by atoms with van der Waals surface area (Å²) in [6.45, 7) is 12.2. The number of hydrogen-bond acceptors (Lipinski definition) is 7. The van der Waals surface area contributed by atoms with Crippen LogP contribution in [0.1, 0.15) is 68.6 Å². The predicted octanol–water partition coefficient (Wildman–Crippen LogP) is 4.15. The highest BCUT2D eigenvalue weighted by Gasteiger charge is 2.32. The molecular weight excluding hydrogens is 580 g/mol. The van der Waals surface area contributed by atoms with Gasteiger partial charge >= 0.3 is 5.97 Å². The molecule has 40 heavy (non-hydrogen) atoms. The van der Waals surface area contributed by atoms with E-state index in [2.05, 4.69) is 0 Å². The van der Waals surface area contributed by atoms with Gasteiger partial charge in [0.25, 0.3) is 5.91 Å². The molecule has 1 heterocycles. The summed E-state index contributed by atoms with van der Waals surface area (Å²) in [4.78, 5) is 40.4. The molecule has 0 radical (unpaired) electrons. The van der Waals surface area contributed by atoms with Crippen molar-refractivity contribution in [2.24, 2.45) is 5.73 Å². The van der Waals surface area contributed by atoms with E-state index in [9.17, 15) is 19.5 Å². The van der Waals surface area contributed by atoms with Crippen LogP contribution >= 0.6 is 17.0 Å². The quantitative estimate of drug-likeness (QED) is 0.321. The van der Waals surface area contributed by atoms with Gasteiger partial charge in [0.05, 0.1) is 30.4 Å². The Morgan fingerprint density at radius 2 is 1.85 bits per heavy atom. The van der Waals surface area contributed by atoms with E-state index in [0.717, 1.165) is 11.1 Å². The fourth-order valence-corrected chi connectivity index (χ4v) is 4.80. The van der Waals surface area contributed by atoms with E-state index >= 15 is 0 Å². The van der Waals surface area contributed by atoms with Crippen molar-refractivity contribution in [1.82, 2.24) is 4.90 Å². The SMILES string of the molecule is Br.CCOc1cc2c(cc1C(N)=O)C(=N)N(CC(=O)C(C)N(CC)c1cccc(C(C)(C)C)c1OCC(=O)O)C2. The average molecular weight is 620 g/mol. The number of nitrogens with one attached hydrogen (secondary N) is 1. The molecule has 218 valence electrons. The molecule has 1 aliphatic rings. The van der Waals surface area contributed by atoms with E-state index in [1.165, 1.54) is 0 Å². The molecule has 2 aromatic rings. The summed E-state index contributed by atoms with van der Waals surface area (Å²) >= 11 is 0. The molecular formula is C29H39BrN4O6. The number of para-hydroxylation sites is 1. The number of carbonyl (C=O) groups excluding carboxylic acids is 2. The maximum absolute atomic E-state index is 13.6. The maximum atomic E-state index is 13.6. The number of nitrogens with two attached hydrogens (primary N) is 1. The number of Topliss-reactive ketones (excluding diaryl/α,β-unsaturated/α-hetero) is 1. The molecule has 0 aliphatic carbocycles. The summed E-state index contributed by atoms with van der Waals surface area (Å²) in [7, 11) is 0. The van der Waals surface area contributed by atoms with E-state index in [1.807, 2.05) is 50.8 Å². The minimum Gasteiger partial charge on any atom is -0.493 e. The Morgan fingerprint density at radius 3 is 2.40 bits per heavy atom. The fraction of sp³-hybridized carbons (Fsp3) is 0.448. The number of amidine groups is 1. The first-order valence-electron chi connectivity index (χ1n) is 13.0. The Labute approximate surface area is 245 Å². The van der Waals surface area contributed by atoms with Crippen LogP contribution in [0.4, 0.5) is 5.69 Å². The van der Waals surface area contributed by atoms with Crippen LogP contribution < -0.4 is 20.1 Å². The van der Waals surface area contributed by atoms with Gasteiger partial charge in [-0.15, -0.1) is 17.0 Å².